The van der Waals surface area contributed by atoms with E-state index in [0.29, 0.717) is 19.6 Å². The third-order valence-electron chi connectivity index (χ3n) is 3.48. The average molecular weight is 278 g/mol. The van der Waals surface area contributed by atoms with Crippen LogP contribution in [0.25, 0.3) is 0 Å². The predicted octanol–water partition coefficient (Wildman–Crippen LogP) is 3.20. The number of hydrogen-bond donors (Lipinski definition) is 1. The van der Waals surface area contributed by atoms with Gasteiger partial charge in [-0.3, -0.25) is 4.79 Å². The molecule has 1 N–H and O–H groups in total. The molecule has 0 radical (unpaired) electrons. The van der Waals surface area contributed by atoms with E-state index in [1.54, 1.807) is 0 Å². The molecule has 110 valence electrons. The number of ether oxygens (including phenoxy) is 2. The van der Waals surface area contributed by atoms with Crippen molar-refractivity contribution in [2.75, 3.05) is 13.2 Å². The Morgan fingerprint density at radius 3 is 2.45 bits per heavy atom. The molecule has 0 amide bonds. The van der Waals surface area contributed by atoms with Gasteiger partial charge in [0.25, 0.3) is 0 Å². The van der Waals surface area contributed by atoms with E-state index >= 15 is 0 Å². The molecule has 0 saturated carbocycles. The zero-order valence-electron chi connectivity index (χ0n) is 12.4. The smallest absolute Gasteiger partial charge is 0.303 e. The lowest BCUT2D eigenvalue weighted by Gasteiger charge is -2.19. The average Bonchev–Trinajstić information content (AvgIpc) is 2.49. The summed E-state index contributed by atoms with van der Waals surface area (Å²) in [4.78, 5) is 10.6. The van der Waals surface area contributed by atoms with Crippen LogP contribution in [0.15, 0.2) is 12.1 Å². The Kier molecular flexibility index (Phi) is 4.21. The molecule has 1 aliphatic heterocycles. The maximum Gasteiger partial charge on any atom is 0.303 e. The quantitative estimate of drug-likeness (QED) is 0.919. The zero-order valence-corrected chi connectivity index (χ0v) is 12.4. The fourth-order valence-electron chi connectivity index (χ4n) is 2.22. The molecule has 1 aliphatic rings. The van der Waals surface area contributed by atoms with Crippen LogP contribution in [0.4, 0.5) is 0 Å². The molecule has 0 saturated heterocycles. The molecule has 1 aromatic carbocycles. The van der Waals surface area contributed by atoms with E-state index in [9.17, 15) is 4.79 Å². The van der Waals surface area contributed by atoms with E-state index in [-0.39, 0.29) is 11.8 Å². The number of carboxylic acids is 1. The van der Waals surface area contributed by atoms with E-state index in [1.165, 1.54) is 0 Å². The highest BCUT2D eigenvalue weighted by Gasteiger charge is 2.25. The lowest BCUT2D eigenvalue weighted by Crippen LogP contribution is -2.26. The van der Waals surface area contributed by atoms with Crippen LogP contribution in [0, 0.1) is 12.3 Å². The van der Waals surface area contributed by atoms with Crippen molar-refractivity contribution in [3.05, 3.63) is 23.3 Å². The Morgan fingerprint density at radius 1 is 1.25 bits per heavy atom. The second-order valence-electron chi connectivity index (χ2n) is 6.21. The highest BCUT2D eigenvalue weighted by Crippen LogP contribution is 2.36. The van der Waals surface area contributed by atoms with Crippen LogP contribution in [0.1, 0.15) is 37.8 Å². The van der Waals surface area contributed by atoms with Crippen molar-refractivity contribution < 1.29 is 19.4 Å². The van der Waals surface area contributed by atoms with Gasteiger partial charge in [-0.15, -0.1) is 0 Å². The Labute approximate surface area is 119 Å². The van der Waals surface area contributed by atoms with Crippen molar-refractivity contribution in [2.45, 2.75) is 40.0 Å². The SMILES string of the molecule is Cc1cc2c(cc1CCCC(=O)O)OCC(C)(C)CO2. The van der Waals surface area contributed by atoms with Crippen molar-refractivity contribution >= 4 is 5.97 Å². The Bertz CT molecular complexity index is 505. The fraction of sp³-hybridized carbons (Fsp3) is 0.562. The first-order valence-corrected chi connectivity index (χ1v) is 6.98. The monoisotopic (exact) mass is 278 g/mol. The first-order valence-electron chi connectivity index (χ1n) is 6.98. The van der Waals surface area contributed by atoms with E-state index in [1.807, 2.05) is 19.1 Å². The molecule has 2 rings (SSSR count). The normalized spacial score (nSPS) is 16.6. The van der Waals surface area contributed by atoms with Crippen molar-refractivity contribution in [2.24, 2.45) is 5.41 Å². The molecule has 0 unspecified atom stereocenters. The summed E-state index contributed by atoms with van der Waals surface area (Å²) < 4.78 is 11.7. The van der Waals surface area contributed by atoms with Crippen LogP contribution in [0.3, 0.4) is 0 Å². The molecule has 4 heteroatoms. The number of carboxylic acid groups (broad SMARTS) is 1. The summed E-state index contributed by atoms with van der Waals surface area (Å²) in [7, 11) is 0. The number of carbonyl (C=O) groups is 1. The summed E-state index contributed by atoms with van der Waals surface area (Å²) in [5.74, 6) is 0.806. The number of rotatable bonds is 4. The zero-order chi connectivity index (χ0) is 14.8. The predicted molar refractivity (Wildman–Crippen MR) is 76.5 cm³/mol. The third kappa shape index (κ3) is 3.65. The van der Waals surface area contributed by atoms with Gasteiger partial charge in [-0.25, -0.2) is 0 Å². The number of benzene rings is 1. The van der Waals surface area contributed by atoms with Gasteiger partial charge in [-0.2, -0.15) is 0 Å². The summed E-state index contributed by atoms with van der Waals surface area (Å²) in [5, 5.41) is 8.70. The van der Waals surface area contributed by atoms with E-state index in [0.717, 1.165) is 29.0 Å². The molecule has 1 heterocycles. The molecule has 0 atom stereocenters. The van der Waals surface area contributed by atoms with Gasteiger partial charge >= 0.3 is 5.97 Å². The molecular weight excluding hydrogens is 256 g/mol. The molecular formula is C16H22O4. The minimum absolute atomic E-state index is 0.00358. The Balaban J connectivity index is 2.14. The Morgan fingerprint density at radius 2 is 1.85 bits per heavy atom. The van der Waals surface area contributed by atoms with Crippen molar-refractivity contribution in [1.29, 1.82) is 0 Å². The summed E-state index contributed by atoms with van der Waals surface area (Å²) in [5.41, 5.74) is 2.25. The van der Waals surface area contributed by atoms with Gasteiger partial charge in [0, 0.05) is 11.8 Å². The second-order valence-corrected chi connectivity index (χ2v) is 6.21. The Hall–Kier alpha value is -1.71. The molecule has 0 aromatic heterocycles. The van der Waals surface area contributed by atoms with Crippen molar-refractivity contribution in [3.63, 3.8) is 0 Å². The van der Waals surface area contributed by atoms with E-state index in [4.69, 9.17) is 14.6 Å². The highest BCUT2D eigenvalue weighted by atomic mass is 16.5. The molecule has 20 heavy (non-hydrogen) atoms. The number of hydrogen-bond acceptors (Lipinski definition) is 3. The van der Waals surface area contributed by atoms with Gasteiger partial charge in [-0.05, 0) is 43.0 Å². The number of aliphatic carboxylic acids is 1. The molecule has 4 nitrogen and oxygen atoms in total. The van der Waals surface area contributed by atoms with E-state index < -0.39 is 5.97 Å². The first-order chi connectivity index (χ1) is 9.37. The van der Waals surface area contributed by atoms with Gasteiger partial charge in [-0.1, -0.05) is 13.8 Å². The van der Waals surface area contributed by atoms with Gasteiger partial charge in [0.15, 0.2) is 11.5 Å². The largest absolute Gasteiger partial charge is 0.489 e. The van der Waals surface area contributed by atoms with Crippen LogP contribution in [-0.4, -0.2) is 24.3 Å². The minimum atomic E-state index is -0.751. The summed E-state index contributed by atoms with van der Waals surface area (Å²) in [6.45, 7) is 7.50. The van der Waals surface area contributed by atoms with Gasteiger partial charge in [0.2, 0.25) is 0 Å². The van der Waals surface area contributed by atoms with Crippen LogP contribution >= 0.6 is 0 Å². The number of aryl methyl sites for hydroxylation is 2. The summed E-state index contributed by atoms with van der Waals surface area (Å²) in [6, 6.07) is 3.99. The van der Waals surface area contributed by atoms with Gasteiger partial charge in [0.05, 0.1) is 13.2 Å². The lowest BCUT2D eigenvalue weighted by molar-refractivity contribution is -0.137. The van der Waals surface area contributed by atoms with Crippen LogP contribution in [-0.2, 0) is 11.2 Å². The van der Waals surface area contributed by atoms with Crippen LogP contribution in [0.2, 0.25) is 0 Å². The summed E-state index contributed by atoms with van der Waals surface area (Å²) >= 11 is 0. The minimum Gasteiger partial charge on any atom is -0.489 e. The third-order valence-corrected chi connectivity index (χ3v) is 3.48. The lowest BCUT2D eigenvalue weighted by atomic mass is 9.97. The second kappa shape index (κ2) is 5.73. The van der Waals surface area contributed by atoms with Gasteiger partial charge in [0.1, 0.15) is 0 Å². The molecule has 1 aromatic rings. The fourth-order valence-corrected chi connectivity index (χ4v) is 2.22. The van der Waals surface area contributed by atoms with Crippen LogP contribution < -0.4 is 9.47 Å². The van der Waals surface area contributed by atoms with Crippen LogP contribution in [0.5, 0.6) is 11.5 Å². The standard InChI is InChI=1S/C16H22O4/c1-11-7-13-14(20-10-16(2,3)9-19-13)8-12(11)5-4-6-15(17)18/h7-8H,4-6,9-10H2,1-3H3,(H,17,18). The first kappa shape index (κ1) is 14.7. The van der Waals surface area contributed by atoms with Gasteiger partial charge < -0.3 is 14.6 Å². The summed E-state index contributed by atoms with van der Waals surface area (Å²) in [6.07, 6.45) is 1.58. The highest BCUT2D eigenvalue weighted by molar-refractivity contribution is 5.66. The number of fused-ring (bicyclic) bond motifs is 1. The van der Waals surface area contributed by atoms with Crippen molar-refractivity contribution in [3.8, 4) is 11.5 Å². The topological polar surface area (TPSA) is 55.8 Å². The molecule has 0 bridgehead atoms. The van der Waals surface area contributed by atoms with Crippen molar-refractivity contribution in [1.82, 2.24) is 0 Å². The molecule has 0 aliphatic carbocycles. The maximum atomic E-state index is 10.6. The molecule has 0 fully saturated rings. The van der Waals surface area contributed by atoms with E-state index in [2.05, 4.69) is 13.8 Å². The maximum absolute atomic E-state index is 10.6. The molecule has 0 spiro atoms.